The molecule has 0 aromatic heterocycles. The second-order valence-corrected chi connectivity index (χ2v) is 11.4. The van der Waals surface area contributed by atoms with Crippen molar-refractivity contribution in [2.24, 2.45) is 0 Å². The topological polar surface area (TPSA) is 18.5 Å². The number of alkyl halides is 4. The van der Waals surface area contributed by atoms with E-state index in [0.717, 1.165) is 0 Å². The van der Waals surface area contributed by atoms with Crippen molar-refractivity contribution in [2.45, 2.75) is 11.8 Å². The predicted molar refractivity (Wildman–Crippen MR) is 142 cm³/mol. The molecule has 0 atom stereocenters. The highest BCUT2D eigenvalue weighted by Crippen LogP contribution is 2.60. The number of rotatable bonds is 5. The summed E-state index contributed by atoms with van der Waals surface area (Å²) in [5.74, 6) is -61.1. The van der Waals surface area contributed by atoms with Crippen LogP contribution in [0.2, 0.25) is 0 Å². The van der Waals surface area contributed by atoms with Gasteiger partial charge in [-0.3, -0.25) is 0 Å². The van der Waals surface area contributed by atoms with Gasteiger partial charge in [-0.1, -0.05) is 6.07 Å². The third kappa shape index (κ3) is 4.79. The molecular weight excluding hydrogens is 807 g/mol. The summed E-state index contributed by atoms with van der Waals surface area (Å²) in [4.78, 5) is 0. The van der Waals surface area contributed by atoms with Crippen LogP contribution in [0.3, 0.4) is 0 Å². The van der Waals surface area contributed by atoms with E-state index < -0.39 is 174 Å². The Kier molecular flexibility index (Phi) is 8.17. The summed E-state index contributed by atoms with van der Waals surface area (Å²) in [6.07, 6.45) is 0. The van der Waals surface area contributed by atoms with Crippen molar-refractivity contribution < 1.29 is 97.1 Å². The van der Waals surface area contributed by atoms with E-state index in [2.05, 4.69) is 0 Å². The summed E-state index contributed by atoms with van der Waals surface area (Å²) >= 11 is 0. The molecule has 0 unspecified atom stereocenters. The third-order valence-electron chi connectivity index (χ3n) is 8.52. The van der Waals surface area contributed by atoms with Crippen LogP contribution in [0.5, 0.6) is 11.5 Å². The zero-order valence-electron chi connectivity index (χ0n) is 25.2. The van der Waals surface area contributed by atoms with E-state index in [4.69, 9.17) is 9.31 Å². The quantitative estimate of drug-likeness (QED) is 0.0762. The number of halogens is 20. The summed E-state index contributed by atoms with van der Waals surface area (Å²) in [5, 5.41) is 0. The van der Waals surface area contributed by atoms with Gasteiger partial charge in [0.1, 0.15) is 0 Å². The van der Waals surface area contributed by atoms with E-state index in [1.165, 1.54) is 0 Å². The van der Waals surface area contributed by atoms with Crippen molar-refractivity contribution >= 4 is 12.6 Å². The molecule has 0 saturated carbocycles. The van der Waals surface area contributed by atoms with Crippen LogP contribution in [-0.2, 0) is 11.8 Å². The molecule has 0 saturated heterocycles. The molecule has 2 aliphatic rings. The standard InChI is InChI=1S/C32H3BF20O2/c34-5-2-1-4(3-6(5)35)33(54-29-13-9(17(38)23(44)27(29)48)7-11(31(13,50)51)19(40)25(46)21(42)15(7)36)55-30-14-10(18(39)24(45)28(30)49)8-12(32(14,52)53)20(41)26(47)22(43)16(8)37/h1-3H. The summed E-state index contributed by atoms with van der Waals surface area (Å²) in [7, 11) is -3.48. The van der Waals surface area contributed by atoms with Crippen molar-refractivity contribution in [1.82, 2.24) is 0 Å². The Hall–Kier alpha value is -5.64. The normalized spacial score (nSPS) is 14.5. The lowest BCUT2D eigenvalue weighted by atomic mass is 9.78. The molecule has 55 heavy (non-hydrogen) atoms. The second kappa shape index (κ2) is 11.9. The van der Waals surface area contributed by atoms with Crippen molar-refractivity contribution in [3.8, 4) is 33.8 Å². The van der Waals surface area contributed by atoms with Crippen LogP contribution in [-0.4, -0.2) is 7.12 Å². The zero-order valence-corrected chi connectivity index (χ0v) is 25.2. The minimum Gasteiger partial charge on any atom is -0.519 e. The van der Waals surface area contributed by atoms with E-state index in [-0.39, 0.29) is 18.2 Å². The first-order valence-corrected chi connectivity index (χ1v) is 14.2. The number of fused-ring (bicyclic) bond motifs is 6. The number of hydrogen-bond acceptors (Lipinski definition) is 2. The molecule has 286 valence electrons. The molecule has 23 heteroatoms. The van der Waals surface area contributed by atoms with Gasteiger partial charge in [-0.2, -0.15) is 26.3 Å². The minimum atomic E-state index is -5.53. The Morgan fingerprint density at radius 2 is 0.655 bits per heavy atom. The van der Waals surface area contributed by atoms with E-state index in [1.54, 1.807) is 0 Å². The summed E-state index contributed by atoms with van der Waals surface area (Å²) in [6.45, 7) is 0. The van der Waals surface area contributed by atoms with Crippen LogP contribution in [0.25, 0.3) is 22.3 Å². The number of hydrogen-bond donors (Lipinski definition) is 0. The molecule has 0 bridgehead atoms. The summed E-state index contributed by atoms with van der Waals surface area (Å²) in [5.41, 5.74) is -21.0. The van der Waals surface area contributed by atoms with Gasteiger partial charge in [0.25, 0.3) is 0 Å². The Bertz CT molecular complexity index is 2440. The molecule has 0 aliphatic heterocycles. The lowest BCUT2D eigenvalue weighted by molar-refractivity contribution is 0.0402. The van der Waals surface area contributed by atoms with Crippen molar-refractivity contribution in [2.75, 3.05) is 0 Å². The van der Waals surface area contributed by atoms with Crippen LogP contribution >= 0.6 is 0 Å². The first kappa shape index (κ1) is 37.7. The Balaban J connectivity index is 1.52. The maximum absolute atomic E-state index is 15.8. The molecule has 0 N–H and O–H groups in total. The molecule has 2 nitrogen and oxygen atoms in total. The van der Waals surface area contributed by atoms with E-state index in [0.29, 0.717) is 0 Å². The Morgan fingerprint density at radius 3 is 1.00 bits per heavy atom. The van der Waals surface area contributed by atoms with Gasteiger partial charge in [0.05, 0.1) is 22.3 Å². The Labute approximate surface area is 289 Å². The van der Waals surface area contributed by atoms with Crippen LogP contribution in [0.4, 0.5) is 87.8 Å². The van der Waals surface area contributed by atoms with Crippen molar-refractivity contribution in [3.63, 3.8) is 0 Å². The van der Waals surface area contributed by atoms with Gasteiger partial charge in [0.15, 0.2) is 92.9 Å². The lowest BCUT2D eigenvalue weighted by Crippen LogP contribution is -2.44. The van der Waals surface area contributed by atoms with Gasteiger partial charge in [-0.15, -0.1) is 0 Å². The first-order valence-electron chi connectivity index (χ1n) is 14.2. The summed E-state index contributed by atoms with van der Waals surface area (Å²) in [6, 6.07) is 0.0982. The van der Waals surface area contributed by atoms with E-state index >= 15 is 35.1 Å². The van der Waals surface area contributed by atoms with Gasteiger partial charge in [0.2, 0.25) is 11.6 Å². The smallest absolute Gasteiger partial charge is 0.519 e. The lowest BCUT2D eigenvalue weighted by Gasteiger charge is -2.24. The largest absolute Gasteiger partial charge is 0.632 e. The molecule has 0 fully saturated rings. The van der Waals surface area contributed by atoms with Gasteiger partial charge >= 0.3 is 19.0 Å². The summed E-state index contributed by atoms with van der Waals surface area (Å²) < 4.78 is 307. The fraction of sp³-hybridized carbons (Fsp3) is 0.0625. The molecule has 0 heterocycles. The highest BCUT2D eigenvalue weighted by atomic mass is 19.3. The van der Waals surface area contributed by atoms with E-state index in [1.807, 2.05) is 0 Å². The molecule has 0 spiro atoms. The molecule has 0 amide bonds. The highest BCUT2D eigenvalue weighted by Gasteiger charge is 2.58. The fourth-order valence-corrected chi connectivity index (χ4v) is 6.17. The van der Waals surface area contributed by atoms with Crippen LogP contribution < -0.4 is 14.8 Å². The van der Waals surface area contributed by atoms with Gasteiger partial charge in [-0.05, 0) is 12.1 Å². The molecule has 2 aliphatic carbocycles. The van der Waals surface area contributed by atoms with Crippen LogP contribution in [0.15, 0.2) is 18.2 Å². The monoisotopic (exact) mass is 810 g/mol. The van der Waals surface area contributed by atoms with Gasteiger partial charge < -0.3 is 9.31 Å². The van der Waals surface area contributed by atoms with Gasteiger partial charge in [0, 0.05) is 27.7 Å². The van der Waals surface area contributed by atoms with Gasteiger partial charge in [-0.25, -0.2) is 61.5 Å². The average molecular weight is 810 g/mol. The SMILES string of the molecule is Fc1ccc(B(Oc2c(F)c(F)c(F)c3c2C(F)(F)c2c(F)c(F)c(F)c(F)c2-3)Oc2c(F)c(F)c(F)c3c2C(F)(F)c2c(F)c(F)c(F)c(F)c2-3)cc1F. The molecule has 5 aromatic carbocycles. The predicted octanol–water partition coefficient (Wildman–Crippen LogP) is 10.0. The highest BCUT2D eigenvalue weighted by molar-refractivity contribution is 6.62. The van der Waals surface area contributed by atoms with E-state index in [9.17, 15) is 52.7 Å². The Morgan fingerprint density at radius 1 is 0.345 bits per heavy atom. The molecule has 5 aromatic rings. The number of benzene rings is 5. The molecular formula is C32H3BF20O2. The minimum absolute atomic E-state index is 0.0595. The second-order valence-electron chi connectivity index (χ2n) is 11.4. The first-order chi connectivity index (χ1) is 25.5. The molecule has 0 radical (unpaired) electrons. The van der Waals surface area contributed by atoms with Crippen molar-refractivity contribution in [3.05, 3.63) is 134 Å². The average Bonchev–Trinajstić information content (AvgIpc) is 3.53. The maximum Gasteiger partial charge on any atom is 0.632 e. The fourth-order valence-electron chi connectivity index (χ4n) is 6.17. The van der Waals surface area contributed by atoms with Crippen LogP contribution in [0.1, 0.15) is 22.3 Å². The third-order valence-corrected chi connectivity index (χ3v) is 8.52. The zero-order chi connectivity index (χ0) is 40.7. The molecule has 7 rings (SSSR count). The van der Waals surface area contributed by atoms with Crippen molar-refractivity contribution in [1.29, 1.82) is 0 Å². The van der Waals surface area contributed by atoms with Crippen LogP contribution in [0, 0.1) is 93.1 Å². The maximum atomic E-state index is 15.8.